The van der Waals surface area contributed by atoms with Crippen LogP contribution in [0.1, 0.15) is 38.2 Å². The second kappa shape index (κ2) is 8.74. The van der Waals surface area contributed by atoms with E-state index in [1.165, 1.54) is 5.56 Å². The Morgan fingerprint density at radius 1 is 1.28 bits per heavy atom. The number of fused-ring (bicyclic) bond motifs is 1. The van der Waals surface area contributed by atoms with Gasteiger partial charge in [0.2, 0.25) is 5.91 Å². The molecular weight excluding hydrogens is 316 g/mol. The van der Waals surface area contributed by atoms with Crippen LogP contribution in [0.3, 0.4) is 0 Å². The van der Waals surface area contributed by atoms with E-state index in [0.717, 1.165) is 50.5 Å². The lowest BCUT2D eigenvalue weighted by molar-refractivity contribution is -0.121. The minimum absolute atomic E-state index is 0.0946. The molecule has 6 nitrogen and oxygen atoms in total. The van der Waals surface area contributed by atoms with Crippen LogP contribution < -0.4 is 20.7 Å². The smallest absolute Gasteiger partial charge is 0.220 e. The number of hydrogen-bond acceptors (Lipinski definition) is 3. The van der Waals surface area contributed by atoms with Crippen LogP contribution in [-0.2, 0) is 11.2 Å². The summed E-state index contributed by atoms with van der Waals surface area (Å²) in [6.07, 6.45) is 4.62. The van der Waals surface area contributed by atoms with E-state index in [1.54, 1.807) is 0 Å². The minimum atomic E-state index is 0.0946. The summed E-state index contributed by atoms with van der Waals surface area (Å²) in [7, 11) is 0. The molecule has 6 heteroatoms. The van der Waals surface area contributed by atoms with Crippen molar-refractivity contribution in [1.82, 2.24) is 16.0 Å². The van der Waals surface area contributed by atoms with Crippen LogP contribution in [0.5, 0.6) is 5.75 Å². The molecule has 3 N–H and O–H groups in total. The van der Waals surface area contributed by atoms with E-state index in [4.69, 9.17) is 4.74 Å². The van der Waals surface area contributed by atoms with E-state index in [9.17, 15) is 4.79 Å². The lowest BCUT2D eigenvalue weighted by atomic mass is 10.1. The lowest BCUT2D eigenvalue weighted by Crippen LogP contribution is -2.39. The van der Waals surface area contributed by atoms with Gasteiger partial charge in [-0.05, 0) is 37.8 Å². The lowest BCUT2D eigenvalue weighted by Gasteiger charge is -2.13. The SMILES string of the molecule is CCNC(=NCC1Cc2ccccc2O1)NCCCC(=O)NC1CC1. The molecule has 2 aliphatic rings. The maximum absolute atomic E-state index is 11.7. The number of ether oxygens (including phenoxy) is 1. The molecule has 1 aliphatic carbocycles. The van der Waals surface area contributed by atoms with E-state index in [1.807, 2.05) is 25.1 Å². The molecule has 0 bridgehead atoms. The highest BCUT2D eigenvalue weighted by Gasteiger charge is 2.23. The van der Waals surface area contributed by atoms with Gasteiger partial charge < -0.3 is 20.7 Å². The van der Waals surface area contributed by atoms with Crippen LogP contribution in [0, 0.1) is 0 Å². The van der Waals surface area contributed by atoms with Crippen molar-refractivity contribution < 1.29 is 9.53 Å². The maximum atomic E-state index is 11.7. The highest BCUT2D eigenvalue weighted by atomic mass is 16.5. The van der Waals surface area contributed by atoms with Crippen molar-refractivity contribution in [2.45, 2.75) is 51.2 Å². The zero-order valence-corrected chi connectivity index (χ0v) is 14.9. The largest absolute Gasteiger partial charge is 0.488 e. The van der Waals surface area contributed by atoms with Crippen molar-refractivity contribution in [3.8, 4) is 5.75 Å². The molecule has 0 spiro atoms. The first-order valence-corrected chi connectivity index (χ1v) is 9.30. The predicted molar refractivity (Wildman–Crippen MR) is 98.9 cm³/mol. The number of nitrogens with zero attached hydrogens (tertiary/aromatic N) is 1. The van der Waals surface area contributed by atoms with E-state index >= 15 is 0 Å². The van der Waals surface area contributed by atoms with E-state index < -0.39 is 0 Å². The van der Waals surface area contributed by atoms with Gasteiger partial charge in [-0.1, -0.05) is 18.2 Å². The summed E-state index contributed by atoms with van der Waals surface area (Å²) in [6, 6.07) is 8.59. The monoisotopic (exact) mass is 344 g/mol. The Morgan fingerprint density at radius 2 is 2.12 bits per heavy atom. The molecule has 0 radical (unpaired) electrons. The van der Waals surface area contributed by atoms with E-state index in [0.29, 0.717) is 19.0 Å². The first-order chi connectivity index (χ1) is 12.2. The fourth-order valence-electron chi connectivity index (χ4n) is 2.87. The van der Waals surface area contributed by atoms with Gasteiger partial charge in [0.25, 0.3) is 0 Å². The Kier molecular flexibility index (Phi) is 6.14. The molecule has 1 fully saturated rings. The van der Waals surface area contributed by atoms with Gasteiger partial charge in [-0.15, -0.1) is 0 Å². The van der Waals surface area contributed by atoms with Crippen LogP contribution in [0.4, 0.5) is 0 Å². The number of amides is 1. The van der Waals surface area contributed by atoms with Crippen LogP contribution >= 0.6 is 0 Å². The fourth-order valence-corrected chi connectivity index (χ4v) is 2.87. The molecule has 1 heterocycles. The van der Waals surface area contributed by atoms with Crippen molar-refractivity contribution >= 4 is 11.9 Å². The normalized spacial score (nSPS) is 19.1. The van der Waals surface area contributed by atoms with Crippen LogP contribution in [0.25, 0.3) is 0 Å². The molecule has 1 aliphatic heterocycles. The van der Waals surface area contributed by atoms with Crippen LogP contribution in [-0.4, -0.2) is 43.6 Å². The summed E-state index contributed by atoms with van der Waals surface area (Å²) in [5.74, 6) is 1.91. The van der Waals surface area contributed by atoms with Gasteiger partial charge >= 0.3 is 0 Å². The zero-order chi connectivity index (χ0) is 17.5. The summed E-state index contributed by atoms with van der Waals surface area (Å²) in [5, 5.41) is 9.54. The van der Waals surface area contributed by atoms with Gasteiger partial charge in [0.05, 0.1) is 6.54 Å². The van der Waals surface area contributed by atoms with Crippen molar-refractivity contribution in [2.75, 3.05) is 19.6 Å². The maximum Gasteiger partial charge on any atom is 0.220 e. The van der Waals surface area contributed by atoms with Gasteiger partial charge in [0.1, 0.15) is 11.9 Å². The van der Waals surface area contributed by atoms with Crippen LogP contribution in [0.15, 0.2) is 29.3 Å². The van der Waals surface area contributed by atoms with Crippen molar-refractivity contribution in [1.29, 1.82) is 0 Å². The molecule has 0 saturated heterocycles. The van der Waals surface area contributed by atoms with Gasteiger partial charge in [-0.25, -0.2) is 4.99 Å². The summed E-state index contributed by atoms with van der Waals surface area (Å²) < 4.78 is 5.92. The molecule has 1 aromatic rings. The highest BCUT2D eigenvalue weighted by molar-refractivity contribution is 5.80. The third-order valence-electron chi connectivity index (χ3n) is 4.33. The van der Waals surface area contributed by atoms with E-state index in [-0.39, 0.29) is 12.0 Å². The molecular formula is C19H28N4O2. The summed E-state index contributed by atoms with van der Waals surface area (Å²) >= 11 is 0. The number of rotatable bonds is 8. The highest BCUT2D eigenvalue weighted by Crippen LogP contribution is 2.28. The third-order valence-corrected chi connectivity index (χ3v) is 4.33. The number of para-hydroxylation sites is 1. The molecule has 1 atom stereocenters. The molecule has 1 unspecified atom stereocenters. The number of carbonyl (C=O) groups excluding carboxylic acids is 1. The van der Waals surface area contributed by atoms with E-state index in [2.05, 4.69) is 27.0 Å². The molecule has 1 amide bonds. The Morgan fingerprint density at radius 3 is 2.88 bits per heavy atom. The predicted octanol–water partition coefficient (Wildman–Crippen LogP) is 1.60. The standard InChI is InChI=1S/C19H28N4O2/c1-2-20-19(21-11-5-8-18(24)23-15-9-10-15)22-13-16-12-14-6-3-4-7-17(14)25-16/h3-4,6-7,15-16H,2,5,8-13H2,1H3,(H,23,24)(H2,20,21,22). The second-order valence-electron chi connectivity index (χ2n) is 6.64. The summed E-state index contributed by atoms with van der Waals surface area (Å²) in [5.41, 5.74) is 1.25. The van der Waals surface area contributed by atoms with Crippen molar-refractivity contribution in [3.63, 3.8) is 0 Å². The second-order valence-corrected chi connectivity index (χ2v) is 6.64. The van der Waals surface area contributed by atoms with Gasteiger partial charge in [0.15, 0.2) is 5.96 Å². The number of benzene rings is 1. The molecule has 25 heavy (non-hydrogen) atoms. The topological polar surface area (TPSA) is 74.8 Å². The number of guanidine groups is 1. The fraction of sp³-hybridized carbons (Fsp3) is 0.579. The first-order valence-electron chi connectivity index (χ1n) is 9.30. The summed E-state index contributed by atoms with van der Waals surface area (Å²) in [4.78, 5) is 16.3. The summed E-state index contributed by atoms with van der Waals surface area (Å²) in [6.45, 7) is 4.20. The molecule has 0 aromatic heterocycles. The Balaban J connectivity index is 1.38. The molecule has 136 valence electrons. The van der Waals surface area contributed by atoms with Crippen molar-refractivity contribution in [2.24, 2.45) is 4.99 Å². The average Bonchev–Trinajstić information content (AvgIpc) is 3.32. The average molecular weight is 344 g/mol. The molecule has 1 saturated carbocycles. The number of hydrogen-bond donors (Lipinski definition) is 3. The first kappa shape index (κ1) is 17.6. The van der Waals surface area contributed by atoms with Gasteiger partial charge in [0, 0.05) is 32.0 Å². The van der Waals surface area contributed by atoms with Crippen molar-refractivity contribution in [3.05, 3.63) is 29.8 Å². The van der Waals surface area contributed by atoms with Crippen LogP contribution in [0.2, 0.25) is 0 Å². The van der Waals surface area contributed by atoms with Gasteiger partial charge in [-0.3, -0.25) is 4.79 Å². The quantitative estimate of drug-likeness (QED) is 0.380. The number of aliphatic imine (C=N–C) groups is 1. The Hall–Kier alpha value is -2.24. The molecule has 3 rings (SSSR count). The Bertz CT molecular complexity index is 588. The zero-order valence-electron chi connectivity index (χ0n) is 14.9. The minimum Gasteiger partial charge on any atom is -0.488 e. The molecule has 1 aromatic carbocycles. The number of carbonyl (C=O) groups is 1. The Labute approximate surface area is 149 Å². The van der Waals surface area contributed by atoms with Gasteiger partial charge in [-0.2, -0.15) is 0 Å². The third kappa shape index (κ3) is 5.66. The number of nitrogens with one attached hydrogen (secondary N) is 3.